The molecule has 6 heteroatoms. The minimum Gasteiger partial charge on any atom is -0.364 e. The van der Waals surface area contributed by atoms with Crippen LogP contribution >= 0.6 is 11.6 Å². The van der Waals surface area contributed by atoms with Gasteiger partial charge in [0.15, 0.2) is 0 Å². The Kier molecular flexibility index (Phi) is 4.53. The number of nitrogens with zero attached hydrogens (tertiary/aromatic N) is 2. The highest BCUT2D eigenvalue weighted by Gasteiger charge is 2.11. The summed E-state index contributed by atoms with van der Waals surface area (Å²) in [6, 6.07) is 7.64. The van der Waals surface area contributed by atoms with E-state index in [0.717, 1.165) is 12.0 Å². The number of benzene rings is 1. The van der Waals surface area contributed by atoms with Crippen molar-refractivity contribution >= 4 is 23.3 Å². The highest BCUT2D eigenvalue weighted by molar-refractivity contribution is 6.30. The lowest BCUT2D eigenvalue weighted by molar-refractivity contribution is 0.0995. The Labute approximate surface area is 122 Å². The Balaban J connectivity index is 2.22. The minimum absolute atomic E-state index is 0.0335. The molecular formula is C14H15ClN4O. The summed E-state index contributed by atoms with van der Waals surface area (Å²) in [6.07, 6.45) is 3.73. The molecule has 1 unspecified atom stereocenters. The molecule has 20 heavy (non-hydrogen) atoms. The third-order valence-electron chi connectivity index (χ3n) is 2.87. The molecule has 0 spiro atoms. The van der Waals surface area contributed by atoms with Crippen LogP contribution in [0.5, 0.6) is 0 Å². The Bertz CT molecular complexity index is 618. The number of nitrogens with two attached hydrogens (primary N) is 1. The lowest BCUT2D eigenvalue weighted by Gasteiger charge is -2.18. The zero-order valence-electron chi connectivity index (χ0n) is 11.0. The lowest BCUT2D eigenvalue weighted by atomic mass is 10.0. The molecule has 0 bridgehead atoms. The van der Waals surface area contributed by atoms with E-state index in [9.17, 15) is 4.79 Å². The van der Waals surface area contributed by atoms with Crippen molar-refractivity contribution < 1.29 is 4.79 Å². The summed E-state index contributed by atoms with van der Waals surface area (Å²) in [5, 5.41) is 3.91. The number of carbonyl (C=O) groups excluding carboxylic acids is 1. The van der Waals surface area contributed by atoms with Gasteiger partial charge in [-0.25, -0.2) is 4.98 Å². The van der Waals surface area contributed by atoms with Crippen molar-refractivity contribution in [1.82, 2.24) is 9.97 Å². The first-order valence-electron chi connectivity index (χ1n) is 6.24. The minimum atomic E-state index is -0.600. The summed E-state index contributed by atoms with van der Waals surface area (Å²) in [4.78, 5) is 19.2. The van der Waals surface area contributed by atoms with Crippen LogP contribution in [0, 0.1) is 0 Å². The second-order valence-electron chi connectivity index (χ2n) is 4.31. The van der Waals surface area contributed by atoms with Crippen LogP contribution in [0.1, 0.15) is 35.4 Å². The standard InChI is InChI=1S/C14H15ClN4O/c1-2-11(9-4-3-5-10(15)6-9)18-13-8-17-7-12(19-13)14(16)20/h3-8,11H,2H2,1H3,(H2,16,20)(H,18,19). The zero-order valence-corrected chi connectivity index (χ0v) is 11.8. The smallest absolute Gasteiger partial charge is 0.268 e. The number of nitrogens with one attached hydrogen (secondary N) is 1. The van der Waals surface area contributed by atoms with Gasteiger partial charge in [-0.15, -0.1) is 0 Å². The molecule has 104 valence electrons. The normalized spacial score (nSPS) is 11.9. The number of rotatable bonds is 5. The van der Waals surface area contributed by atoms with Gasteiger partial charge in [0.25, 0.3) is 5.91 Å². The fraction of sp³-hybridized carbons (Fsp3) is 0.214. The van der Waals surface area contributed by atoms with E-state index in [1.54, 1.807) is 6.20 Å². The van der Waals surface area contributed by atoms with Crippen LogP contribution in [0.25, 0.3) is 0 Å². The molecule has 2 rings (SSSR count). The van der Waals surface area contributed by atoms with Crippen molar-refractivity contribution in [3.05, 3.63) is 52.9 Å². The van der Waals surface area contributed by atoms with Crippen molar-refractivity contribution in [3.63, 3.8) is 0 Å². The predicted octanol–water partition coefficient (Wildman–Crippen LogP) is 2.79. The van der Waals surface area contributed by atoms with E-state index in [0.29, 0.717) is 10.8 Å². The SMILES string of the molecule is CCC(Nc1cncc(C(N)=O)n1)c1cccc(Cl)c1. The predicted molar refractivity (Wildman–Crippen MR) is 78.7 cm³/mol. The second-order valence-corrected chi connectivity index (χ2v) is 4.75. The largest absolute Gasteiger partial charge is 0.364 e. The third-order valence-corrected chi connectivity index (χ3v) is 3.10. The van der Waals surface area contributed by atoms with E-state index in [2.05, 4.69) is 15.3 Å². The Morgan fingerprint density at radius 1 is 1.45 bits per heavy atom. The number of anilines is 1. The van der Waals surface area contributed by atoms with Crippen molar-refractivity contribution in [1.29, 1.82) is 0 Å². The van der Waals surface area contributed by atoms with Crippen molar-refractivity contribution in [2.24, 2.45) is 5.73 Å². The zero-order chi connectivity index (χ0) is 14.5. The van der Waals surface area contributed by atoms with Crippen LogP contribution < -0.4 is 11.1 Å². The molecule has 1 heterocycles. The quantitative estimate of drug-likeness (QED) is 0.887. The van der Waals surface area contributed by atoms with Crippen molar-refractivity contribution in [3.8, 4) is 0 Å². The van der Waals surface area contributed by atoms with E-state index in [1.807, 2.05) is 31.2 Å². The van der Waals surface area contributed by atoms with Gasteiger partial charge in [-0.2, -0.15) is 0 Å². The van der Waals surface area contributed by atoms with E-state index in [1.165, 1.54) is 6.20 Å². The molecule has 5 nitrogen and oxygen atoms in total. The van der Waals surface area contributed by atoms with Crippen LogP contribution in [-0.2, 0) is 0 Å². The van der Waals surface area contributed by atoms with Crippen LogP contribution in [0.15, 0.2) is 36.7 Å². The first-order chi connectivity index (χ1) is 9.60. The van der Waals surface area contributed by atoms with E-state index < -0.39 is 5.91 Å². The second kappa shape index (κ2) is 6.34. The average Bonchev–Trinajstić information content (AvgIpc) is 2.45. The van der Waals surface area contributed by atoms with Crippen LogP contribution in [0.3, 0.4) is 0 Å². The van der Waals surface area contributed by atoms with Gasteiger partial charge < -0.3 is 11.1 Å². The van der Waals surface area contributed by atoms with Crippen LogP contribution in [0.2, 0.25) is 5.02 Å². The van der Waals surface area contributed by atoms with Gasteiger partial charge >= 0.3 is 0 Å². The molecule has 0 aliphatic carbocycles. The molecule has 0 saturated carbocycles. The molecule has 3 N–H and O–H groups in total. The Hall–Kier alpha value is -2.14. The number of amides is 1. The first kappa shape index (κ1) is 14.3. The van der Waals surface area contributed by atoms with Gasteiger partial charge in [-0.05, 0) is 24.1 Å². The van der Waals surface area contributed by atoms with E-state index in [4.69, 9.17) is 17.3 Å². The Morgan fingerprint density at radius 2 is 2.25 bits per heavy atom. The fourth-order valence-electron chi connectivity index (χ4n) is 1.88. The van der Waals surface area contributed by atoms with Gasteiger partial charge in [0.2, 0.25) is 0 Å². The van der Waals surface area contributed by atoms with Gasteiger partial charge in [0.1, 0.15) is 11.5 Å². The number of halogens is 1. The summed E-state index contributed by atoms with van der Waals surface area (Å²) < 4.78 is 0. The summed E-state index contributed by atoms with van der Waals surface area (Å²) in [7, 11) is 0. The maximum Gasteiger partial charge on any atom is 0.268 e. The average molecular weight is 291 g/mol. The summed E-state index contributed by atoms with van der Waals surface area (Å²) in [5.74, 6) is -0.0925. The van der Waals surface area contributed by atoms with E-state index >= 15 is 0 Å². The fourth-order valence-corrected chi connectivity index (χ4v) is 2.08. The highest BCUT2D eigenvalue weighted by atomic mass is 35.5. The lowest BCUT2D eigenvalue weighted by Crippen LogP contribution is -2.16. The number of aromatic nitrogens is 2. The molecule has 0 aliphatic heterocycles. The van der Waals surface area contributed by atoms with Gasteiger partial charge in [-0.3, -0.25) is 9.78 Å². The maximum atomic E-state index is 11.1. The molecular weight excluding hydrogens is 276 g/mol. The molecule has 1 aromatic heterocycles. The van der Waals surface area contributed by atoms with Gasteiger partial charge in [0.05, 0.1) is 18.4 Å². The maximum absolute atomic E-state index is 11.1. The molecule has 0 fully saturated rings. The molecule has 0 aliphatic rings. The van der Waals surface area contributed by atoms with Crippen molar-refractivity contribution in [2.75, 3.05) is 5.32 Å². The molecule has 1 atom stereocenters. The van der Waals surface area contributed by atoms with Gasteiger partial charge in [-0.1, -0.05) is 30.7 Å². The number of primary amides is 1. The number of carbonyl (C=O) groups is 1. The molecule has 1 amide bonds. The highest BCUT2D eigenvalue weighted by Crippen LogP contribution is 2.23. The third kappa shape index (κ3) is 3.45. The summed E-state index contributed by atoms with van der Waals surface area (Å²) in [6.45, 7) is 2.05. The van der Waals surface area contributed by atoms with Crippen LogP contribution in [0.4, 0.5) is 5.82 Å². The molecule has 2 aromatic rings. The van der Waals surface area contributed by atoms with Crippen molar-refractivity contribution in [2.45, 2.75) is 19.4 Å². The molecule has 1 aromatic carbocycles. The Morgan fingerprint density at radius 3 is 2.90 bits per heavy atom. The van der Waals surface area contributed by atoms with Gasteiger partial charge in [0, 0.05) is 5.02 Å². The monoisotopic (exact) mass is 290 g/mol. The first-order valence-corrected chi connectivity index (χ1v) is 6.61. The number of hydrogen-bond acceptors (Lipinski definition) is 4. The summed E-state index contributed by atoms with van der Waals surface area (Å²) in [5.41, 5.74) is 6.37. The summed E-state index contributed by atoms with van der Waals surface area (Å²) >= 11 is 6.00. The topological polar surface area (TPSA) is 80.9 Å². The molecule has 0 radical (unpaired) electrons. The van der Waals surface area contributed by atoms with Crippen LogP contribution in [-0.4, -0.2) is 15.9 Å². The number of hydrogen-bond donors (Lipinski definition) is 2. The molecule has 0 saturated heterocycles. The van der Waals surface area contributed by atoms with E-state index in [-0.39, 0.29) is 11.7 Å².